The number of rotatable bonds is 2. The third-order valence-electron chi connectivity index (χ3n) is 2.65. The Morgan fingerprint density at radius 1 is 1.17 bits per heavy atom. The number of halogens is 3. The summed E-state index contributed by atoms with van der Waals surface area (Å²) >= 11 is 12.7. The monoisotopic (exact) mass is 389 g/mol. The Bertz CT molecular complexity index is 652. The van der Waals surface area contributed by atoms with E-state index in [1.807, 2.05) is 31.2 Å². The van der Waals surface area contributed by atoms with Crippen molar-refractivity contribution in [3.05, 3.63) is 54.7 Å². The van der Waals surface area contributed by atoms with Gasteiger partial charge in [-0.2, -0.15) is 0 Å². The fraction of sp³-hybridized carbons (Fsp3) is 0.154. The molecule has 1 heterocycles. The van der Waals surface area contributed by atoms with Crippen molar-refractivity contribution in [3.63, 3.8) is 0 Å². The van der Waals surface area contributed by atoms with E-state index in [0.717, 1.165) is 15.7 Å². The van der Waals surface area contributed by atoms with Crippen molar-refractivity contribution in [1.29, 1.82) is 0 Å². The molecule has 2 rings (SSSR count). The van der Waals surface area contributed by atoms with Gasteiger partial charge in [-0.15, -0.1) is 0 Å². The van der Waals surface area contributed by atoms with Gasteiger partial charge in [-0.25, -0.2) is 0 Å². The Hall–Kier alpha value is -0.580. The Kier molecular flexibility index (Phi) is 4.30. The SMILES string of the molecule is CCn1c(-c2ccc(Cl)cc2Br)ccc(Br)c1=O. The van der Waals surface area contributed by atoms with Crippen LogP contribution in [0.1, 0.15) is 6.92 Å². The van der Waals surface area contributed by atoms with E-state index in [4.69, 9.17) is 11.6 Å². The lowest BCUT2D eigenvalue weighted by Gasteiger charge is -2.13. The van der Waals surface area contributed by atoms with Gasteiger partial charge in [-0.05, 0) is 47.1 Å². The Balaban J connectivity index is 2.71. The summed E-state index contributed by atoms with van der Waals surface area (Å²) in [5.41, 5.74) is 1.79. The van der Waals surface area contributed by atoms with Crippen LogP contribution in [0.2, 0.25) is 5.02 Å². The van der Waals surface area contributed by atoms with Crippen LogP contribution in [0, 0.1) is 0 Å². The molecule has 0 fully saturated rings. The second kappa shape index (κ2) is 5.59. The molecule has 5 heteroatoms. The molecule has 0 saturated heterocycles. The standard InChI is InChI=1S/C13H10Br2ClNO/c1-2-17-12(6-5-10(14)13(17)18)9-4-3-8(16)7-11(9)15/h3-7H,2H2,1H3. The Morgan fingerprint density at radius 2 is 1.89 bits per heavy atom. The zero-order chi connectivity index (χ0) is 13.3. The van der Waals surface area contributed by atoms with Crippen LogP contribution in [-0.2, 0) is 6.54 Å². The molecule has 94 valence electrons. The number of nitrogens with zero attached hydrogens (tertiary/aromatic N) is 1. The number of hydrogen-bond donors (Lipinski definition) is 0. The first-order chi connectivity index (χ1) is 8.54. The van der Waals surface area contributed by atoms with Crippen molar-refractivity contribution in [3.8, 4) is 11.3 Å². The van der Waals surface area contributed by atoms with Gasteiger partial charge in [0.05, 0.1) is 10.2 Å². The molecule has 0 N–H and O–H groups in total. The Labute approximate surface area is 127 Å². The van der Waals surface area contributed by atoms with E-state index in [1.165, 1.54) is 0 Å². The third-order valence-corrected chi connectivity index (χ3v) is 4.15. The molecular weight excluding hydrogens is 381 g/mol. The lowest BCUT2D eigenvalue weighted by molar-refractivity contribution is 0.731. The van der Waals surface area contributed by atoms with Crippen LogP contribution in [0.15, 0.2) is 44.1 Å². The highest BCUT2D eigenvalue weighted by atomic mass is 79.9. The van der Waals surface area contributed by atoms with E-state index in [2.05, 4.69) is 31.9 Å². The highest BCUT2D eigenvalue weighted by Crippen LogP contribution is 2.30. The summed E-state index contributed by atoms with van der Waals surface area (Å²) in [7, 11) is 0. The molecule has 0 aliphatic carbocycles. The first-order valence-electron chi connectivity index (χ1n) is 5.39. The van der Waals surface area contributed by atoms with Crippen molar-refractivity contribution in [1.82, 2.24) is 4.57 Å². The molecule has 0 radical (unpaired) electrons. The quantitative estimate of drug-likeness (QED) is 0.726. The molecule has 0 aliphatic rings. The summed E-state index contributed by atoms with van der Waals surface area (Å²) in [6.45, 7) is 2.56. The summed E-state index contributed by atoms with van der Waals surface area (Å²) in [5.74, 6) is 0. The van der Waals surface area contributed by atoms with E-state index >= 15 is 0 Å². The topological polar surface area (TPSA) is 22.0 Å². The van der Waals surface area contributed by atoms with Gasteiger partial charge in [0.15, 0.2) is 0 Å². The molecule has 0 amide bonds. The average Bonchev–Trinajstić information content (AvgIpc) is 2.33. The van der Waals surface area contributed by atoms with Gasteiger partial charge in [0.25, 0.3) is 5.56 Å². The van der Waals surface area contributed by atoms with Gasteiger partial charge in [0.1, 0.15) is 0 Å². The molecule has 0 unspecified atom stereocenters. The zero-order valence-electron chi connectivity index (χ0n) is 9.58. The van der Waals surface area contributed by atoms with E-state index in [-0.39, 0.29) is 5.56 Å². The summed E-state index contributed by atoms with van der Waals surface area (Å²) in [6.07, 6.45) is 0. The highest BCUT2D eigenvalue weighted by molar-refractivity contribution is 9.10. The first-order valence-corrected chi connectivity index (χ1v) is 7.35. The molecule has 18 heavy (non-hydrogen) atoms. The summed E-state index contributed by atoms with van der Waals surface area (Å²) in [5, 5.41) is 0.660. The lowest BCUT2D eigenvalue weighted by atomic mass is 10.1. The number of benzene rings is 1. The molecule has 0 atom stereocenters. The summed E-state index contributed by atoms with van der Waals surface area (Å²) in [6, 6.07) is 9.23. The smallest absolute Gasteiger partial charge is 0.265 e. The molecule has 2 aromatic rings. The fourth-order valence-electron chi connectivity index (χ4n) is 1.80. The van der Waals surface area contributed by atoms with E-state index in [1.54, 1.807) is 10.6 Å². The van der Waals surface area contributed by atoms with Crippen LogP contribution >= 0.6 is 43.5 Å². The van der Waals surface area contributed by atoms with Crippen LogP contribution in [0.3, 0.4) is 0 Å². The van der Waals surface area contributed by atoms with Crippen LogP contribution in [-0.4, -0.2) is 4.57 Å². The van der Waals surface area contributed by atoms with Gasteiger partial charge in [0, 0.05) is 21.6 Å². The largest absolute Gasteiger partial charge is 0.308 e. The number of aromatic nitrogens is 1. The van der Waals surface area contributed by atoms with Gasteiger partial charge >= 0.3 is 0 Å². The van der Waals surface area contributed by atoms with Crippen LogP contribution in [0.5, 0.6) is 0 Å². The van der Waals surface area contributed by atoms with Crippen molar-refractivity contribution < 1.29 is 0 Å². The highest BCUT2D eigenvalue weighted by Gasteiger charge is 2.10. The van der Waals surface area contributed by atoms with Gasteiger partial charge in [-0.3, -0.25) is 4.79 Å². The summed E-state index contributed by atoms with van der Waals surface area (Å²) in [4.78, 5) is 12.0. The van der Waals surface area contributed by atoms with Gasteiger partial charge < -0.3 is 4.57 Å². The van der Waals surface area contributed by atoms with Gasteiger partial charge in [-0.1, -0.05) is 33.6 Å². The first kappa shape index (κ1) is 13.8. The maximum atomic E-state index is 12.0. The molecule has 0 bridgehead atoms. The van der Waals surface area contributed by atoms with Crippen molar-refractivity contribution >= 4 is 43.5 Å². The third kappa shape index (κ3) is 2.56. The molecule has 0 spiro atoms. The molecule has 2 nitrogen and oxygen atoms in total. The van der Waals surface area contributed by atoms with E-state index < -0.39 is 0 Å². The summed E-state index contributed by atoms with van der Waals surface area (Å²) < 4.78 is 3.16. The van der Waals surface area contributed by atoms with E-state index in [9.17, 15) is 4.79 Å². The minimum atomic E-state index is -0.0307. The minimum Gasteiger partial charge on any atom is -0.308 e. The predicted octanol–water partition coefficient (Wildman–Crippen LogP) is 4.71. The molecule has 0 aliphatic heterocycles. The van der Waals surface area contributed by atoms with Crippen LogP contribution < -0.4 is 5.56 Å². The van der Waals surface area contributed by atoms with Gasteiger partial charge in [0.2, 0.25) is 0 Å². The van der Waals surface area contributed by atoms with Crippen molar-refractivity contribution in [2.45, 2.75) is 13.5 Å². The van der Waals surface area contributed by atoms with Crippen LogP contribution in [0.4, 0.5) is 0 Å². The maximum absolute atomic E-state index is 12.0. The lowest BCUT2D eigenvalue weighted by Crippen LogP contribution is -2.21. The maximum Gasteiger partial charge on any atom is 0.265 e. The minimum absolute atomic E-state index is 0.0307. The number of hydrogen-bond acceptors (Lipinski definition) is 1. The second-order valence-corrected chi connectivity index (χ2v) is 5.89. The van der Waals surface area contributed by atoms with Crippen molar-refractivity contribution in [2.24, 2.45) is 0 Å². The number of pyridine rings is 1. The zero-order valence-corrected chi connectivity index (χ0v) is 13.5. The molecule has 1 aromatic heterocycles. The van der Waals surface area contributed by atoms with Crippen molar-refractivity contribution in [2.75, 3.05) is 0 Å². The predicted molar refractivity (Wildman–Crippen MR) is 82.2 cm³/mol. The second-order valence-electron chi connectivity index (χ2n) is 3.74. The average molecular weight is 391 g/mol. The molecule has 0 saturated carbocycles. The normalized spacial score (nSPS) is 10.7. The molecule has 1 aromatic carbocycles. The Morgan fingerprint density at radius 3 is 2.50 bits per heavy atom. The van der Waals surface area contributed by atoms with Crippen LogP contribution in [0.25, 0.3) is 11.3 Å². The fourth-order valence-corrected chi connectivity index (χ4v) is 3.03. The van der Waals surface area contributed by atoms with E-state index in [0.29, 0.717) is 16.0 Å². The molecular formula is C13H10Br2ClNO.